The summed E-state index contributed by atoms with van der Waals surface area (Å²) >= 11 is 0. The molecule has 0 aromatic heterocycles. The summed E-state index contributed by atoms with van der Waals surface area (Å²) in [6.07, 6.45) is 3.73. The van der Waals surface area contributed by atoms with Crippen molar-refractivity contribution in [1.29, 1.82) is 0 Å². The summed E-state index contributed by atoms with van der Waals surface area (Å²) in [5.74, 6) is -1.39. The summed E-state index contributed by atoms with van der Waals surface area (Å²) in [5.41, 5.74) is 0.443. The van der Waals surface area contributed by atoms with Crippen LogP contribution in [0.25, 0.3) is 0 Å². The maximum absolute atomic E-state index is 14.0. The van der Waals surface area contributed by atoms with E-state index in [1.807, 2.05) is 0 Å². The summed E-state index contributed by atoms with van der Waals surface area (Å²) in [5, 5.41) is 2.95. The first-order chi connectivity index (χ1) is 14.5. The molecule has 1 N–H and O–H groups in total. The number of halogens is 2. The second-order valence-corrected chi connectivity index (χ2v) is 7.97. The van der Waals surface area contributed by atoms with Crippen LogP contribution in [0.1, 0.15) is 46.4 Å². The quantitative estimate of drug-likeness (QED) is 0.783. The Kier molecular flexibility index (Phi) is 5.97. The van der Waals surface area contributed by atoms with Gasteiger partial charge in [0.15, 0.2) is 0 Å². The molecule has 1 aliphatic heterocycles. The third-order valence-corrected chi connectivity index (χ3v) is 5.46. The molecule has 5 nitrogen and oxygen atoms in total. The Morgan fingerprint density at radius 2 is 1.93 bits per heavy atom. The van der Waals surface area contributed by atoms with Crippen molar-refractivity contribution < 1.29 is 23.1 Å². The van der Waals surface area contributed by atoms with Gasteiger partial charge in [-0.2, -0.15) is 0 Å². The zero-order valence-corrected chi connectivity index (χ0v) is 16.6. The van der Waals surface area contributed by atoms with Crippen LogP contribution in [0.4, 0.5) is 8.78 Å². The van der Waals surface area contributed by atoms with Gasteiger partial charge in [0.05, 0.1) is 12.2 Å². The minimum Gasteiger partial charge on any atom is -0.493 e. The fraction of sp³-hybridized carbons (Fsp3) is 0.391. The first-order valence-corrected chi connectivity index (χ1v) is 10.3. The maximum atomic E-state index is 14.0. The zero-order chi connectivity index (χ0) is 21.1. The second-order valence-electron chi connectivity index (χ2n) is 7.97. The molecule has 1 saturated heterocycles. The maximum Gasteiger partial charge on any atom is 0.256 e. The minimum atomic E-state index is -0.848. The van der Waals surface area contributed by atoms with Gasteiger partial charge in [0.25, 0.3) is 11.8 Å². The lowest BCUT2D eigenvalue weighted by atomic mass is 9.98. The number of hydrogen-bond acceptors (Lipinski definition) is 3. The number of ether oxygens (including phenoxy) is 1. The van der Waals surface area contributed by atoms with Crippen LogP contribution in [0.3, 0.4) is 0 Å². The van der Waals surface area contributed by atoms with Gasteiger partial charge >= 0.3 is 0 Å². The number of carbonyl (C=O) groups is 2. The van der Waals surface area contributed by atoms with Crippen molar-refractivity contribution >= 4 is 11.8 Å². The highest BCUT2D eigenvalue weighted by molar-refractivity contribution is 5.95. The smallest absolute Gasteiger partial charge is 0.256 e. The Hall–Kier alpha value is -2.96. The summed E-state index contributed by atoms with van der Waals surface area (Å²) in [4.78, 5) is 26.4. The van der Waals surface area contributed by atoms with Crippen molar-refractivity contribution in [3.8, 4) is 5.75 Å². The van der Waals surface area contributed by atoms with Crippen molar-refractivity contribution in [2.45, 2.75) is 31.7 Å². The number of nitrogens with zero attached hydrogens (tertiary/aromatic N) is 1. The number of likely N-dealkylation sites (tertiary alicyclic amines) is 1. The van der Waals surface area contributed by atoms with Crippen LogP contribution in [-0.4, -0.2) is 42.5 Å². The number of piperidine rings is 1. The summed E-state index contributed by atoms with van der Waals surface area (Å²) in [7, 11) is 0. The van der Waals surface area contributed by atoms with Crippen molar-refractivity contribution in [3.63, 3.8) is 0 Å². The number of amides is 2. The van der Waals surface area contributed by atoms with E-state index >= 15 is 0 Å². The highest BCUT2D eigenvalue weighted by Gasteiger charge is 2.27. The van der Waals surface area contributed by atoms with E-state index in [0.29, 0.717) is 37.1 Å². The van der Waals surface area contributed by atoms with Gasteiger partial charge in [0.2, 0.25) is 0 Å². The van der Waals surface area contributed by atoms with Gasteiger partial charge < -0.3 is 15.0 Å². The third kappa shape index (κ3) is 4.96. The van der Waals surface area contributed by atoms with E-state index in [4.69, 9.17) is 4.74 Å². The predicted molar refractivity (Wildman–Crippen MR) is 107 cm³/mol. The molecule has 2 aliphatic rings. The zero-order valence-electron chi connectivity index (χ0n) is 16.6. The van der Waals surface area contributed by atoms with E-state index in [0.717, 1.165) is 37.8 Å². The molecule has 1 heterocycles. The van der Waals surface area contributed by atoms with Crippen LogP contribution in [-0.2, 0) is 0 Å². The van der Waals surface area contributed by atoms with Crippen molar-refractivity contribution in [2.75, 3.05) is 19.7 Å². The van der Waals surface area contributed by atoms with Gasteiger partial charge in [0, 0.05) is 36.7 Å². The topological polar surface area (TPSA) is 58.6 Å². The van der Waals surface area contributed by atoms with Crippen molar-refractivity contribution in [3.05, 3.63) is 65.2 Å². The lowest BCUT2D eigenvalue weighted by Gasteiger charge is -2.32. The molecular formula is C23H24F2N2O3. The van der Waals surface area contributed by atoms with Crippen LogP contribution in [0.2, 0.25) is 0 Å². The SMILES string of the molecule is O=C(NC1CC1)c1cccc(OC[C@H]2CCCN(C(=O)c3ccc(F)cc3F)C2)c1. The summed E-state index contributed by atoms with van der Waals surface area (Å²) in [6.45, 7) is 1.36. The normalized spacial score (nSPS) is 18.7. The van der Waals surface area contributed by atoms with Crippen molar-refractivity contribution in [2.24, 2.45) is 5.92 Å². The molecule has 30 heavy (non-hydrogen) atoms. The Morgan fingerprint density at radius 3 is 2.70 bits per heavy atom. The molecule has 1 aliphatic carbocycles. The van der Waals surface area contributed by atoms with E-state index in [2.05, 4.69) is 5.32 Å². The van der Waals surface area contributed by atoms with E-state index in [-0.39, 0.29) is 17.4 Å². The first-order valence-electron chi connectivity index (χ1n) is 10.3. The Labute approximate surface area is 174 Å². The lowest BCUT2D eigenvalue weighted by molar-refractivity contribution is 0.0628. The molecule has 7 heteroatoms. The van der Waals surface area contributed by atoms with E-state index in [1.165, 1.54) is 6.07 Å². The molecule has 0 bridgehead atoms. The van der Waals surface area contributed by atoms with Gasteiger partial charge in [-0.25, -0.2) is 8.78 Å². The van der Waals surface area contributed by atoms with Crippen LogP contribution < -0.4 is 10.1 Å². The van der Waals surface area contributed by atoms with Gasteiger partial charge in [-0.15, -0.1) is 0 Å². The predicted octanol–water partition coefficient (Wildman–Crippen LogP) is 3.79. The van der Waals surface area contributed by atoms with E-state index in [1.54, 1.807) is 29.2 Å². The van der Waals surface area contributed by atoms with Gasteiger partial charge in [-0.1, -0.05) is 6.07 Å². The van der Waals surface area contributed by atoms with Crippen LogP contribution in [0.15, 0.2) is 42.5 Å². The van der Waals surface area contributed by atoms with Crippen molar-refractivity contribution in [1.82, 2.24) is 10.2 Å². The molecule has 2 fully saturated rings. The fourth-order valence-corrected chi connectivity index (χ4v) is 3.66. The van der Waals surface area contributed by atoms with Crippen LogP contribution in [0, 0.1) is 17.6 Å². The molecule has 0 spiro atoms. The van der Waals surface area contributed by atoms with Crippen LogP contribution >= 0.6 is 0 Å². The average molecular weight is 414 g/mol. The molecule has 158 valence electrons. The van der Waals surface area contributed by atoms with E-state index < -0.39 is 17.5 Å². The second kappa shape index (κ2) is 8.81. The van der Waals surface area contributed by atoms with Gasteiger partial charge in [-0.05, 0) is 56.0 Å². The Bertz CT molecular complexity index is 946. The first kappa shape index (κ1) is 20.3. The third-order valence-electron chi connectivity index (χ3n) is 5.46. The number of carbonyl (C=O) groups excluding carboxylic acids is 2. The molecule has 0 radical (unpaired) electrons. The summed E-state index contributed by atoms with van der Waals surface area (Å²) < 4.78 is 33.0. The highest BCUT2D eigenvalue weighted by atomic mass is 19.1. The van der Waals surface area contributed by atoms with Crippen LogP contribution in [0.5, 0.6) is 5.75 Å². The van der Waals surface area contributed by atoms with Gasteiger partial charge in [-0.3, -0.25) is 9.59 Å². The Morgan fingerprint density at radius 1 is 1.10 bits per heavy atom. The molecule has 1 atom stereocenters. The fourth-order valence-electron chi connectivity index (χ4n) is 3.66. The molecule has 0 unspecified atom stereocenters. The van der Waals surface area contributed by atoms with Gasteiger partial charge in [0.1, 0.15) is 17.4 Å². The molecule has 2 aromatic rings. The number of hydrogen-bond donors (Lipinski definition) is 1. The average Bonchev–Trinajstić information content (AvgIpc) is 3.56. The molecule has 2 aromatic carbocycles. The molecule has 2 amide bonds. The number of benzene rings is 2. The molecular weight excluding hydrogens is 390 g/mol. The molecule has 4 rings (SSSR count). The Balaban J connectivity index is 1.34. The number of nitrogens with one attached hydrogen (secondary N) is 1. The summed E-state index contributed by atoms with van der Waals surface area (Å²) in [6, 6.07) is 10.3. The lowest BCUT2D eigenvalue weighted by Crippen LogP contribution is -2.41. The minimum absolute atomic E-state index is 0.0927. The number of rotatable bonds is 6. The largest absolute Gasteiger partial charge is 0.493 e. The van der Waals surface area contributed by atoms with E-state index in [9.17, 15) is 18.4 Å². The molecule has 1 saturated carbocycles. The highest BCUT2D eigenvalue weighted by Crippen LogP contribution is 2.23. The monoisotopic (exact) mass is 414 g/mol. The standard InChI is InChI=1S/C23H24F2N2O3/c24-17-6-9-20(21(25)12-17)23(29)27-10-2-3-15(13-27)14-30-19-5-1-4-16(11-19)22(28)26-18-7-8-18/h1,4-6,9,11-12,15,18H,2-3,7-8,10,13-14H2,(H,26,28)/t15-/m0/s1.